The largest absolute Gasteiger partial charge is 0.336 e. The number of rotatable bonds is 4. The van der Waals surface area contributed by atoms with Crippen LogP contribution in [0.5, 0.6) is 0 Å². The molecule has 0 radical (unpaired) electrons. The van der Waals surface area contributed by atoms with Crippen molar-refractivity contribution in [3.8, 4) is 0 Å². The molecule has 1 N–H and O–H groups in total. The molecule has 2 aliphatic rings. The van der Waals surface area contributed by atoms with Gasteiger partial charge in [-0.25, -0.2) is 9.50 Å². The van der Waals surface area contributed by atoms with Gasteiger partial charge in [-0.05, 0) is 37.3 Å². The number of carbonyl (C=O) groups is 1. The van der Waals surface area contributed by atoms with Gasteiger partial charge in [-0.3, -0.25) is 19.6 Å². The number of fused-ring (bicyclic) bond motifs is 2. The number of likely N-dealkylation sites (tertiary alicyclic amines) is 1. The first kappa shape index (κ1) is 19.5. The first-order valence-corrected chi connectivity index (χ1v) is 11.7. The number of hydrogen-bond donors (Lipinski definition) is 1. The summed E-state index contributed by atoms with van der Waals surface area (Å²) in [5.74, 6) is 0.115. The van der Waals surface area contributed by atoms with E-state index in [0.29, 0.717) is 31.6 Å². The van der Waals surface area contributed by atoms with Crippen molar-refractivity contribution in [3.63, 3.8) is 0 Å². The fourth-order valence-electron chi connectivity index (χ4n) is 4.75. The van der Waals surface area contributed by atoms with Crippen molar-refractivity contribution < 1.29 is 4.79 Å². The number of carbonyl (C=O) groups excluding carboxylic acids is 1. The molecule has 0 aliphatic carbocycles. The Morgan fingerprint density at radius 2 is 2.23 bits per heavy atom. The summed E-state index contributed by atoms with van der Waals surface area (Å²) in [6.07, 6.45) is 4.51. The van der Waals surface area contributed by atoms with Crippen molar-refractivity contribution in [3.05, 3.63) is 55.8 Å². The molecular formula is C22H27N5O2S. The van der Waals surface area contributed by atoms with Gasteiger partial charge in [-0.15, -0.1) is 11.3 Å². The average Bonchev–Trinajstić information content (AvgIpc) is 3.43. The number of nitrogens with one attached hydrogen (secondary N) is 1. The van der Waals surface area contributed by atoms with Crippen LogP contribution in [0.25, 0.3) is 5.65 Å². The van der Waals surface area contributed by atoms with Gasteiger partial charge in [0.05, 0.1) is 24.0 Å². The minimum Gasteiger partial charge on any atom is -0.336 e. The summed E-state index contributed by atoms with van der Waals surface area (Å²) in [7, 11) is 0. The zero-order valence-corrected chi connectivity index (χ0v) is 18.1. The Morgan fingerprint density at radius 3 is 3.03 bits per heavy atom. The summed E-state index contributed by atoms with van der Waals surface area (Å²) in [6.45, 7) is 4.89. The molecule has 0 aromatic carbocycles. The third-order valence-corrected chi connectivity index (χ3v) is 7.21. The van der Waals surface area contributed by atoms with E-state index < -0.39 is 0 Å². The molecule has 1 amide bonds. The molecule has 1 saturated heterocycles. The van der Waals surface area contributed by atoms with Crippen molar-refractivity contribution in [1.82, 2.24) is 24.4 Å². The highest BCUT2D eigenvalue weighted by molar-refractivity contribution is 7.09. The van der Waals surface area contributed by atoms with E-state index in [9.17, 15) is 9.59 Å². The van der Waals surface area contributed by atoms with Gasteiger partial charge in [0.1, 0.15) is 0 Å². The second-order valence-electron chi connectivity index (χ2n) is 8.23. The second-order valence-corrected chi connectivity index (χ2v) is 9.26. The highest BCUT2D eigenvalue weighted by Crippen LogP contribution is 2.32. The fourth-order valence-corrected chi connectivity index (χ4v) is 5.48. The van der Waals surface area contributed by atoms with E-state index >= 15 is 0 Å². The third-order valence-electron chi connectivity index (χ3n) is 6.35. The number of nitrogens with zero attached hydrogens (tertiary/aromatic N) is 4. The lowest BCUT2D eigenvalue weighted by Crippen LogP contribution is -2.39. The number of thiophene rings is 1. The van der Waals surface area contributed by atoms with Crippen LogP contribution in [0.3, 0.4) is 0 Å². The lowest BCUT2D eigenvalue weighted by molar-refractivity contribution is -0.131. The highest BCUT2D eigenvalue weighted by atomic mass is 32.1. The van der Waals surface area contributed by atoms with E-state index in [1.807, 2.05) is 17.9 Å². The Bertz CT molecular complexity index is 1120. The van der Waals surface area contributed by atoms with E-state index in [-0.39, 0.29) is 17.5 Å². The van der Waals surface area contributed by atoms with E-state index in [1.165, 1.54) is 17.7 Å². The first-order valence-electron chi connectivity index (χ1n) is 10.8. The third kappa shape index (κ3) is 3.48. The summed E-state index contributed by atoms with van der Waals surface area (Å²) in [4.78, 5) is 35.7. The van der Waals surface area contributed by atoms with E-state index in [4.69, 9.17) is 4.98 Å². The monoisotopic (exact) mass is 425 g/mol. The zero-order chi connectivity index (χ0) is 20.7. The van der Waals surface area contributed by atoms with Crippen LogP contribution in [-0.2, 0) is 24.3 Å². The molecule has 2 aliphatic heterocycles. The maximum atomic E-state index is 13.1. The average molecular weight is 426 g/mol. The standard InChI is InChI=1S/C22H27N5O2S/c1-2-21(28)26-10-8-16-18(14-26)23-20-12-17(24-27(20)22(16)29)19-7-3-4-9-25(19)13-15-6-5-11-30-15/h5-6,11-12,19,24H,2-4,7-10,13-14H2,1H3. The van der Waals surface area contributed by atoms with Crippen molar-refractivity contribution in [2.24, 2.45) is 0 Å². The summed E-state index contributed by atoms with van der Waals surface area (Å²) < 4.78 is 1.60. The lowest BCUT2D eigenvalue weighted by atomic mass is 9.99. The van der Waals surface area contributed by atoms with E-state index in [1.54, 1.807) is 15.9 Å². The molecule has 3 aromatic heterocycles. The normalized spacial score (nSPS) is 19.9. The number of H-pyrrole nitrogens is 1. The minimum absolute atomic E-state index is 0.0227. The molecule has 1 unspecified atom stereocenters. The Morgan fingerprint density at radius 1 is 1.33 bits per heavy atom. The van der Waals surface area contributed by atoms with Crippen LogP contribution in [0.15, 0.2) is 28.4 Å². The smallest absolute Gasteiger partial charge is 0.276 e. The van der Waals surface area contributed by atoms with Gasteiger partial charge in [0.2, 0.25) is 5.91 Å². The zero-order valence-electron chi connectivity index (χ0n) is 17.3. The van der Waals surface area contributed by atoms with E-state index in [0.717, 1.165) is 36.5 Å². The molecule has 3 aromatic rings. The van der Waals surface area contributed by atoms with Gasteiger partial charge in [0.25, 0.3) is 5.56 Å². The molecule has 5 heterocycles. The Kier molecular flexibility index (Phi) is 5.20. The molecule has 1 fully saturated rings. The molecule has 158 valence electrons. The maximum absolute atomic E-state index is 13.1. The van der Waals surface area contributed by atoms with Crippen molar-refractivity contribution in [1.29, 1.82) is 0 Å². The van der Waals surface area contributed by atoms with Gasteiger partial charge in [-0.1, -0.05) is 19.4 Å². The summed E-state index contributed by atoms with van der Waals surface area (Å²) in [5.41, 5.74) is 3.17. The van der Waals surface area contributed by atoms with Crippen molar-refractivity contribution in [2.75, 3.05) is 13.1 Å². The Hall–Kier alpha value is -2.45. The molecule has 0 spiro atoms. The summed E-state index contributed by atoms with van der Waals surface area (Å²) >= 11 is 1.79. The number of piperidine rings is 1. The SMILES string of the molecule is CCC(=O)N1CCc2c(nc3cc(C4CCCCN4Cc4cccs4)[nH]n3c2=O)C1. The molecule has 8 heteroatoms. The predicted octanol–water partition coefficient (Wildman–Crippen LogP) is 3.11. The fraction of sp³-hybridized carbons (Fsp3) is 0.500. The molecule has 30 heavy (non-hydrogen) atoms. The van der Waals surface area contributed by atoms with Crippen LogP contribution >= 0.6 is 11.3 Å². The highest BCUT2D eigenvalue weighted by Gasteiger charge is 2.28. The van der Waals surface area contributed by atoms with Crippen LogP contribution < -0.4 is 5.56 Å². The Labute approximate surface area is 179 Å². The van der Waals surface area contributed by atoms with Gasteiger partial charge in [0, 0.05) is 36.0 Å². The Balaban J connectivity index is 1.48. The van der Waals surface area contributed by atoms with Crippen LogP contribution in [-0.4, -0.2) is 43.4 Å². The number of amides is 1. The lowest BCUT2D eigenvalue weighted by Gasteiger charge is -2.34. The van der Waals surface area contributed by atoms with Crippen LogP contribution in [0.2, 0.25) is 0 Å². The molecular weight excluding hydrogens is 398 g/mol. The molecule has 0 saturated carbocycles. The number of aromatic nitrogens is 3. The molecule has 0 bridgehead atoms. The quantitative estimate of drug-likeness (QED) is 0.697. The molecule has 7 nitrogen and oxygen atoms in total. The van der Waals surface area contributed by atoms with Crippen molar-refractivity contribution in [2.45, 2.75) is 58.2 Å². The second kappa shape index (κ2) is 8.00. The molecule has 5 rings (SSSR count). The van der Waals surface area contributed by atoms with Crippen LogP contribution in [0, 0.1) is 0 Å². The van der Waals surface area contributed by atoms with Gasteiger partial charge in [-0.2, -0.15) is 0 Å². The topological polar surface area (TPSA) is 73.7 Å². The molecule has 1 atom stereocenters. The first-order chi connectivity index (χ1) is 14.6. The predicted molar refractivity (Wildman–Crippen MR) is 117 cm³/mol. The summed E-state index contributed by atoms with van der Waals surface area (Å²) in [5, 5.41) is 5.48. The summed E-state index contributed by atoms with van der Waals surface area (Å²) in [6, 6.07) is 6.57. The number of hydrogen-bond acceptors (Lipinski definition) is 5. The number of aromatic amines is 1. The van der Waals surface area contributed by atoms with Gasteiger partial charge in [0.15, 0.2) is 5.65 Å². The van der Waals surface area contributed by atoms with Gasteiger partial charge >= 0.3 is 0 Å². The maximum Gasteiger partial charge on any atom is 0.276 e. The van der Waals surface area contributed by atoms with E-state index in [2.05, 4.69) is 27.5 Å². The van der Waals surface area contributed by atoms with Crippen LogP contribution in [0.4, 0.5) is 0 Å². The van der Waals surface area contributed by atoms with Crippen molar-refractivity contribution >= 4 is 22.9 Å². The van der Waals surface area contributed by atoms with Crippen LogP contribution in [0.1, 0.15) is 60.5 Å². The minimum atomic E-state index is -0.0227. The van der Waals surface area contributed by atoms with Gasteiger partial charge < -0.3 is 4.90 Å².